The summed E-state index contributed by atoms with van der Waals surface area (Å²) < 4.78 is 31.5. The second-order valence-electron chi connectivity index (χ2n) is 3.17. The maximum absolute atomic E-state index is 11.0. The Balaban J connectivity index is 2.19. The van der Waals surface area contributed by atoms with E-state index in [0.29, 0.717) is 6.61 Å². The zero-order valence-corrected chi connectivity index (χ0v) is 8.06. The second kappa shape index (κ2) is 2.35. The van der Waals surface area contributed by atoms with Gasteiger partial charge in [-0.05, 0) is 6.92 Å². The fraction of sp³-hybridized carbons (Fsp3) is 1.00. The van der Waals surface area contributed by atoms with Crippen LogP contribution in [0.2, 0.25) is 0 Å². The lowest BCUT2D eigenvalue weighted by Crippen LogP contribution is -2.61. The molecule has 0 unspecified atom stereocenters. The van der Waals surface area contributed by atoms with Crippen LogP contribution in [0.5, 0.6) is 0 Å². The predicted octanol–water partition coefficient (Wildman–Crippen LogP) is 0.111. The number of halogens is 1. The van der Waals surface area contributed by atoms with Gasteiger partial charge in [-0.25, -0.2) is 8.42 Å². The molecule has 0 aromatic carbocycles. The van der Waals surface area contributed by atoms with Crippen LogP contribution in [0.1, 0.15) is 6.92 Å². The fourth-order valence-electron chi connectivity index (χ4n) is 1.45. The molecule has 0 radical (unpaired) electrons. The highest BCUT2D eigenvalue weighted by molar-refractivity contribution is 7.95. The molecule has 0 N–H and O–H groups in total. The molecule has 2 fully saturated rings. The zero-order valence-electron chi connectivity index (χ0n) is 6.49. The SMILES string of the molecule is C[C@H]1CO[C@]2(CS(=O)(=O)[C@@H]2Cl)O1. The molecular weight excluding hydrogens is 204 g/mol. The molecule has 3 atom stereocenters. The maximum atomic E-state index is 11.0. The van der Waals surface area contributed by atoms with Gasteiger partial charge in [0.2, 0.25) is 5.79 Å². The minimum atomic E-state index is -3.16. The Morgan fingerprint density at radius 3 is 2.58 bits per heavy atom. The quantitative estimate of drug-likeness (QED) is 0.535. The Labute approximate surface area is 75.7 Å². The molecule has 2 rings (SSSR count). The minimum Gasteiger partial charge on any atom is -0.344 e. The normalized spacial score (nSPS) is 50.8. The number of hydrogen-bond acceptors (Lipinski definition) is 4. The summed E-state index contributed by atoms with van der Waals surface area (Å²) in [5.41, 5.74) is 0. The third-order valence-corrected chi connectivity index (χ3v) is 4.97. The van der Waals surface area contributed by atoms with Crippen molar-refractivity contribution in [3.63, 3.8) is 0 Å². The molecule has 6 heteroatoms. The van der Waals surface area contributed by atoms with Crippen LogP contribution in [0.15, 0.2) is 0 Å². The van der Waals surface area contributed by atoms with Gasteiger partial charge in [0.05, 0.1) is 12.7 Å². The van der Waals surface area contributed by atoms with E-state index >= 15 is 0 Å². The van der Waals surface area contributed by atoms with Gasteiger partial charge in [-0.3, -0.25) is 0 Å². The van der Waals surface area contributed by atoms with Crippen molar-refractivity contribution in [2.24, 2.45) is 0 Å². The lowest BCUT2D eigenvalue weighted by molar-refractivity contribution is -0.149. The van der Waals surface area contributed by atoms with E-state index in [1.807, 2.05) is 6.92 Å². The van der Waals surface area contributed by atoms with E-state index in [4.69, 9.17) is 21.1 Å². The van der Waals surface area contributed by atoms with Crippen molar-refractivity contribution in [3.05, 3.63) is 0 Å². The van der Waals surface area contributed by atoms with E-state index < -0.39 is 20.3 Å². The second-order valence-corrected chi connectivity index (χ2v) is 5.96. The summed E-state index contributed by atoms with van der Waals surface area (Å²) in [6.07, 6.45) is -0.0678. The average molecular weight is 213 g/mol. The largest absolute Gasteiger partial charge is 0.344 e. The van der Waals surface area contributed by atoms with Crippen molar-refractivity contribution in [2.45, 2.75) is 23.5 Å². The molecule has 0 bridgehead atoms. The van der Waals surface area contributed by atoms with Crippen molar-refractivity contribution < 1.29 is 17.9 Å². The highest BCUT2D eigenvalue weighted by atomic mass is 35.5. The molecule has 70 valence electrons. The summed E-state index contributed by atoms with van der Waals surface area (Å²) in [4.78, 5) is 0. The van der Waals surface area contributed by atoms with E-state index in [-0.39, 0.29) is 11.9 Å². The van der Waals surface area contributed by atoms with Gasteiger partial charge in [0.15, 0.2) is 14.5 Å². The molecule has 0 aromatic rings. The third kappa shape index (κ3) is 1.00. The molecule has 0 amide bonds. The van der Waals surface area contributed by atoms with Gasteiger partial charge in [0.1, 0.15) is 5.75 Å². The first kappa shape index (κ1) is 8.74. The Kier molecular flexibility index (Phi) is 1.71. The molecule has 2 heterocycles. The van der Waals surface area contributed by atoms with Crippen LogP contribution in [0.25, 0.3) is 0 Å². The molecule has 2 aliphatic heterocycles. The van der Waals surface area contributed by atoms with Crippen molar-refractivity contribution in [1.29, 1.82) is 0 Å². The Bertz CT molecular complexity index is 301. The topological polar surface area (TPSA) is 52.6 Å². The summed E-state index contributed by atoms with van der Waals surface area (Å²) in [5, 5.41) is 0. The highest BCUT2D eigenvalue weighted by Crippen LogP contribution is 2.43. The van der Waals surface area contributed by atoms with Crippen molar-refractivity contribution in [2.75, 3.05) is 12.4 Å². The van der Waals surface area contributed by atoms with Crippen molar-refractivity contribution >= 4 is 21.4 Å². The van der Waals surface area contributed by atoms with Crippen LogP contribution in [0.3, 0.4) is 0 Å². The van der Waals surface area contributed by atoms with Gasteiger partial charge in [-0.15, -0.1) is 0 Å². The minimum absolute atomic E-state index is 0.0678. The summed E-state index contributed by atoms with van der Waals surface area (Å²) >= 11 is 5.63. The molecule has 4 nitrogen and oxygen atoms in total. The van der Waals surface area contributed by atoms with Crippen LogP contribution in [-0.2, 0) is 19.3 Å². The first-order chi connectivity index (χ1) is 5.46. The van der Waals surface area contributed by atoms with E-state index in [1.54, 1.807) is 0 Å². The standard InChI is InChI=1S/C6H9ClO4S/c1-4-2-10-6(11-4)3-12(8,9)5(6)7/h4-5H,2-3H2,1H3/t4-,5-,6+/m0/s1. The molecule has 12 heavy (non-hydrogen) atoms. The molecule has 0 aromatic heterocycles. The Morgan fingerprint density at radius 1 is 1.58 bits per heavy atom. The monoisotopic (exact) mass is 212 g/mol. The summed E-state index contributed by atoms with van der Waals surface area (Å²) in [6.45, 7) is 2.24. The summed E-state index contributed by atoms with van der Waals surface area (Å²) in [6, 6.07) is 0. The molecule has 1 spiro atoms. The molecule has 0 aliphatic carbocycles. The highest BCUT2D eigenvalue weighted by Gasteiger charge is 2.63. The molecule has 0 saturated carbocycles. The molecule has 2 aliphatic rings. The van der Waals surface area contributed by atoms with Gasteiger partial charge >= 0.3 is 0 Å². The lowest BCUT2D eigenvalue weighted by atomic mass is 10.3. The van der Waals surface area contributed by atoms with Gasteiger partial charge < -0.3 is 9.47 Å². The predicted molar refractivity (Wildman–Crippen MR) is 42.7 cm³/mol. The van der Waals surface area contributed by atoms with Crippen molar-refractivity contribution in [1.82, 2.24) is 0 Å². The van der Waals surface area contributed by atoms with E-state index in [0.717, 1.165) is 0 Å². The van der Waals surface area contributed by atoms with Gasteiger partial charge in [-0.2, -0.15) is 0 Å². The van der Waals surface area contributed by atoms with E-state index in [2.05, 4.69) is 0 Å². The number of alkyl halides is 1. The molecule has 2 saturated heterocycles. The van der Waals surface area contributed by atoms with E-state index in [9.17, 15) is 8.42 Å². The molecular formula is C6H9ClO4S. The smallest absolute Gasteiger partial charge is 0.214 e. The number of sulfone groups is 1. The first-order valence-corrected chi connectivity index (χ1v) is 5.79. The Morgan fingerprint density at radius 2 is 2.25 bits per heavy atom. The first-order valence-electron chi connectivity index (χ1n) is 3.64. The third-order valence-electron chi connectivity index (χ3n) is 2.03. The zero-order chi connectivity index (χ0) is 8.98. The summed E-state index contributed by atoms with van der Waals surface area (Å²) in [7, 11) is -3.16. The Hall–Kier alpha value is 0.160. The summed E-state index contributed by atoms with van der Waals surface area (Å²) in [5.74, 6) is -1.15. The van der Waals surface area contributed by atoms with Crippen LogP contribution in [0.4, 0.5) is 0 Å². The van der Waals surface area contributed by atoms with Gasteiger partial charge in [0, 0.05) is 0 Å². The number of hydrogen-bond donors (Lipinski definition) is 0. The van der Waals surface area contributed by atoms with Crippen LogP contribution in [-0.4, -0.2) is 37.4 Å². The number of ether oxygens (including phenoxy) is 2. The van der Waals surface area contributed by atoms with Gasteiger partial charge in [0.25, 0.3) is 0 Å². The fourth-order valence-corrected chi connectivity index (χ4v) is 3.41. The lowest BCUT2D eigenvalue weighted by Gasteiger charge is -2.39. The van der Waals surface area contributed by atoms with Gasteiger partial charge in [-0.1, -0.05) is 11.6 Å². The average Bonchev–Trinajstić information content (AvgIpc) is 2.32. The van der Waals surface area contributed by atoms with Crippen LogP contribution < -0.4 is 0 Å². The van der Waals surface area contributed by atoms with Crippen LogP contribution in [0, 0.1) is 0 Å². The van der Waals surface area contributed by atoms with Crippen LogP contribution >= 0.6 is 11.6 Å². The maximum Gasteiger partial charge on any atom is 0.214 e. The van der Waals surface area contributed by atoms with E-state index in [1.165, 1.54) is 0 Å². The van der Waals surface area contributed by atoms with Crippen molar-refractivity contribution in [3.8, 4) is 0 Å². The number of rotatable bonds is 0.